The first-order valence-corrected chi connectivity index (χ1v) is 7.52. The van der Waals surface area contributed by atoms with E-state index in [1.807, 2.05) is 13.8 Å². The van der Waals surface area contributed by atoms with E-state index >= 15 is 0 Å². The molecule has 1 heterocycles. The van der Waals surface area contributed by atoms with E-state index in [1.54, 1.807) is 0 Å². The molecule has 0 aromatic heterocycles. The van der Waals surface area contributed by atoms with Crippen LogP contribution in [0.25, 0.3) is 0 Å². The lowest BCUT2D eigenvalue weighted by Crippen LogP contribution is -2.43. The van der Waals surface area contributed by atoms with Gasteiger partial charge in [0.1, 0.15) is 5.75 Å². The van der Waals surface area contributed by atoms with Gasteiger partial charge in [0.05, 0.1) is 6.61 Å². The molecule has 1 aliphatic rings. The van der Waals surface area contributed by atoms with Crippen molar-refractivity contribution in [3.05, 3.63) is 29.3 Å². The van der Waals surface area contributed by atoms with Gasteiger partial charge in [0.2, 0.25) is 0 Å². The van der Waals surface area contributed by atoms with Gasteiger partial charge in [-0.05, 0) is 38.6 Å². The third kappa shape index (κ3) is 3.95. The first-order chi connectivity index (χ1) is 9.60. The number of hydrogen-bond donors (Lipinski definition) is 1. The molecule has 4 nitrogen and oxygen atoms in total. The van der Waals surface area contributed by atoms with Crippen LogP contribution in [0.5, 0.6) is 5.75 Å². The molecule has 1 aromatic carbocycles. The van der Waals surface area contributed by atoms with Crippen LogP contribution in [-0.2, 0) is 6.54 Å². The molecule has 0 aliphatic carbocycles. The summed E-state index contributed by atoms with van der Waals surface area (Å²) in [7, 11) is 2.18. The van der Waals surface area contributed by atoms with Crippen molar-refractivity contribution in [1.82, 2.24) is 9.80 Å². The Balaban J connectivity index is 2.12. The monoisotopic (exact) mass is 277 g/mol. The Labute approximate surface area is 122 Å². The van der Waals surface area contributed by atoms with E-state index in [4.69, 9.17) is 10.5 Å². The van der Waals surface area contributed by atoms with Gasteiger partial charge < -0.3 is 15.4 Å². The fourth-order valence-corrected chi connectivity index (χ4v) is 2.55. The van der Waals surface area contributed by atoms with Crippen LogP contribution in [0.3, 0.4) is 0 Å². The quantitative estimate of drug-likeness (QED) is 0.892. The van der Waals surface area contributed by atoms with Crippen molar-refractivity contribution < 1.29 is 4.74 Å². The maximum atomic E-state index is 6.00. The van der Waals surface area contributed by atoms with Crippen molar-refractivity contribution in [2.75, 3.05) is 39.8 Å². The van der Waals surface area contributed by atoms with Crippen LogP contribution < -0.4 is 10.5 Å². The van der Waals surface area contributed by atoms with Crippen LogP contribution in [0.15, 0.2) is 18.2 Å². The number of likely N-dealkylation sites (N-methyl/N-ethyl adjacent to an activating group) is 1. The molecule has 4 heteroatoms. The van der Waals surface area contributed by atoms with Crippen molar-refractivity contribution in [3.63, 3.8) is 0 Å². The van der Waals surface area contributed by atoms with Crippen LogP contribution >= 0.6 is 0 Å². The first kappa shape index (κ1) is 15.3. The van der Waals surface area contributed by atoms with Gasteiger partial charge in [-0.2, -0.15) is 0 Å². The van der Waals surface area contributed by atoms with E-state index in [9.17, 15) is 0 Å². The fourth-order valence-electron chi connectivity index (χ4n) is 2.55. The van der Waals surface area contributed by atoms with E-state index in [-0.39, 0.29) is 6.04 Å². The second-order valence-corrected chi connectivity index (χ2v) is 5.67. The number of ether oxygens (including phenoxy) is 1. The maximum Gasteiger partial charge on any atom is 0.123 e. The van der Waals surface area contributed by atoms with Crippen molar-refractivity contribution in [1.29, 1.82) is 0 Å². The number of rotatable bonds is 5. The Kier molecular flexibility index (Phi) is 5.40. The zero-order chi connectivity index (χ0) is 14.5. The zero-order valence-electron chi connectivity index (χ0n) is 12.9. The highest BCUT2D eigenvalue weighted by atomic mass is 16.5. The Morgan fingerprint density at radius 2 is 1.95 bits per heavy atom. The minimum Gasteiger partial charge on any atom is -0.494 e. The Morgan fingerprint density at radius 3 is 2.55 bits per heavy atom. The van der Waals surface area contributed by atoms with Crippen molar-refractivity contribution >= 4 is 0 Å². The summed E-state index contributed by atoms with van der Waals surface area (Å²) < 4.78 is 5.76. The molecule has 1 aromatic rings. The van der Waals surface area contributed by atoms with Crippen LogP contribution in [0.4, 0.5) is 0 Å². The van der Waals surface area contributed by atoms with Gasteiger partial charge in [0.15, 0.2) is 0 Å². The molecule has 2 N–H and O–H groups in total. The number of hydrogen-bond acceptors (Lipinski definition) is 4. The largest absolute Gasteiger partial charge is 0.494 e. The van der Waals surface area contributed by atoms with Crippen LogP contribution in [0, 0.1) is 0 Å². The predicted octanol–water partition coefficient (Wildman–Crippen LogP) is 1.85. The molecule has 0 saturated carbocycles. The van der Waals surface area contributed by atoms with Gasteiger partial charge >= 0.3 is 0 Å². The van der Waals surface area contributed by atoms with Gasteiger partial charge in [-0.3, -0.25) is 4.90 Å². The highest BCUT2D eigenvalue weighted by Gasteiger charge is 2.16. The minimum absolute atomic E-state index is 0.0666. The lowest BCUT2D eigenvalue weighted by molar-refractivity contribution is 0.146. The molecular weight excluding hydrogens is 250 g/mol. The zero-order valence-corrected chi connectivity index (χ0v) is 12.9. The fraction of sp³-hybridized carbons (Fsp3) is 0.625. The summed E-state index contributed by atoms with van der Waals surface area (Å²) in [5, 5.41) is 0. The van der Waals surface area contributed by atoms with Gasteiger partial charge in [-0.1, -0.05) is 6.07 Å². The summed E-state index contributed by atoms with van der Waals surface area (Å²) in [6.45, 7) is 10.2. The number of nitrogens with two attached hydrogens (primary N) is 1. The van der Waals surface area contributed by atoms with Crippen LogP contribution in [-0.4, -0.2) is 49.6 Å². The smallest absolute Gasteiger partial charge is 0.123 e. The third-order valence-corrected chi connectivity index (χ3v) is 3.90. The molecule has 0 spiro atoms. The third-order valence-electron chi connectivity index (χ3n) is 3.90. The van der Waals surface area contributed by atoms with Crippen molar-refractivity contribution in [2.24, 2.45) is 5.73 Å². The molecule has 2 rings (SSSR count). The summed E-state index contributed by atoms with van der Waals surface area (Å²) in [6.07, 6.45) is 0. The molecule has 112 valence electrons. The van der Waals surface area contributed by atoms with E-state index in [0.717, 1.165) is 38.5 Å². The first-order valence-electron chi connectivity index (χ1n) is 7.52. The molecular formula is C16H27N3O. The molecule has 20 heavy (non-hydrogen) atoms. The van der Waals surface area contributed by atoms with Crippen molar-refractivity contribution in [3.8, 4) is 5.75 Å². The second kappa shape index (κ2) is 7.07. The Hall–Kier alpha value is -1.10. The molecule has 0 amide bonds. The summed E-state index contributed by atoms with van der Waals surface area (Å²) in [6, 6.07) is 6.40. The summed E-state index contributed by atoms with van der Waals surface area (Å²) >= 11 is 0. The molecule has 0 radical (unpaired) electrons. The lowest BCUT2D eigenvalue weighted by atomic mass is 10.0. The summed E-state index contributed by atoms with van der Waals surface area (Å²) in [5.74, 6) is 0.996. The van der Waals surface area contributed by atoms with Gasteiger partial charge in [0, 0.05) is 44.3 Å². The van der Waals surface area contributed by atoms with Gasteiger partial charge in [0.25, 0.3) is 0 Å². The molecule has 1 atom stereocenters. The van der Waals surface area contributed by atoms with Crippen LogP contribution in [0.2, 0.25) is 0 Å². The molecule has 1 aliphatic heterocycles. The normalized spacial score (nSPS) is 19.0. The SMILES string of the molecule is CCOc1ccc(C(C)N)cc1CN1CCN(C)CC1. The average Bonchev–Trinajstić information content (AvgIpc) is 2.43. The van der Waals surface area contributed by atoms with E-state index in [0.29, 0.717) is 6.61 Å². The summed E-state index contributed by atoms with van der Waals surface area (Å²) in [5.41, 5.74) is 8.43. The predicted molar refractivity (Wildman–Crippen MR) is 83.0 cm³/mol. The standard InChI is InChI=1S/C16H27N3O/c1-4-20-16-6-5-14(13(2)17)11-15(16)12-19-9-7-18(3)8-10-19/h5-6,11,13H,4,7-10,12,17H2,1-3H3. The highest BCUT2D eigenvalue weighted by Crippen LogP contribution is 2.24. The number of piperazine rings is 1. The van der Waals surface area contributed by atoms with E-state index < -0.39 is 0 Å². The Bertz CT molecular complexity index is 426. The highest BCUT2D eigenvalue weighted by molar-refractivity contribution is 5.38. The minimum atomic E-state index is 0.0666. The topological polar surface area (TPSA) is 41.7 Å². The van der Waals surface area contributed by atoms with E-state index in [1.165, 1.54) is 11.1 Å². The second-order valence-electron chi connectivity index (χ2n) is 5.67. The average molecular weight is 277 g/mol. The molecule has 1 fully saturated rings. The van der Waals surface area contributed by atoms with Gasteiger partial charge in [-0.25, -0.2) is 0 Å². The number of benzene rings is 1. The lowest BCUT2D eigenvalue weighted by Gasteiger charge is -2.32. The molecule has 0 bridgehead atoms. The van der Waals surface area contributed by atoms with Gasteiger partial charge in [-0.15, -0.1) is 0 Å². The molecule has 1 unspecified atom stereocenters. The van der Waals surface area contributed by atoms with Crippen LogP contribution in [0.1, 0.15) is 31.0 Å². The Morgan fingerprint density at radius 1 is 1.25 bits per heavy atom. The maximum absolute atomic E-state index is 6.00. The van der Waals surface area contributed by atoms with Crippen molar-refractivity contribution in [2.45, 2.75) is 26.4 Å². The summed E-state index contributed by atoms with van der Waals surface area (Å²) in [4.78, 5) is 4.86. The number of nitrogens with zero attached hydrogens (tertiary/aromatic N) is 2. The molecule has 1 saturated heterocycles. The van der Waals surface area contributed by atoms with E-state index in [2.05, 4.69) is 35.0 Å².